The van der Waals surface area contributed by atoms with Gasteiger partial charge in [-0.15, -0.1) is 0 Å². The molecular formula is C23H24N8O3. The molecule has 0 radical (unpaired) electrons. The third-order valence-electron chi connectivity index (χ3n) is 4.88. The van der Waals surface area contributed by atoms with Crippen LogP contribution in [0.15, 0.2) is 65.3 Å². The summed E-state index contributed by atoms with van der Waals surface area (Å²) in [5.74, 6) is 1.04. The normalized spacial score (nSPS) is 14.3. The number of anilines is 4. The third kappa shape index (κ3) is 6.33. The van der Waals surface area contributed by atoms with Gasteiger partial charge in [0.2, 0.25) is 17.8 Å². The van der Waals surface area contributed by atoms with Crippen LogP contribution in [0.2, 0.25) is 0 Å². The number of benzene rings is 2. The van der Waals surface area contributed by atoms with Gasteiger partial charge in [0, 0.05) is 30.9 Å². The first kappa shape index (κ1) is 22.8. The number of nitrogens with one attached hydrogen (secondary N) is 2. The smallest absolute Gasteiger partial charge is 0.269 e. The van der Waals surface area contributed by atoms with Crippen molar-refractivity contribution < 1.29 is 9.66 Å². The number of aromatic nitrogens is 3. The van der Waals surface area contributed by atoms with Crippen LogP contribution in [0.25, 0.3) is 6.08 Å². The summed E-state index contributed by atoms with van der Waals surface area (Å²) in [6, 6.07) is 16.0. The van der Waals surface area contributed by atoms with Crippen LogP contribution < -0.4 is 15.6 Å². The summed E-state index contributed by atoms with van der Waals surface area (Å²) in [6.07, 6.45) is 3.70. The lowest BCUT2D eigenvalue weighted by Crippen LogP contribution is -2.37. The van der Waals surface area contributed by atoms with Gasteiger partial charge in [0.25, 0.3) is 5.69 Å². The van der Waals surface area contributed by atoms with Gasteiger partial charge in [-0.1, -0.05) is 36.4 Å². The van der Waals surface area contributed by atoms with Crippen LogP contribution in [-0.4, -0.2) is 52.4 Å². The van der Waals surface area contributed by atoms with Crippen molar-refractivity contribution in [1.82, 2.24) is 15.0 Å². The molecule has 1 aliphatic heterocycles. The van der Waals surface area contributed by atoms with Gasteiger partial charge >= 0.3 is 0 Å². The SMILES string of the molecule is CC(/C=N/Nc1nc(Nc2ccc([N+](=O)[O-])cc2)nc(N2CCOCC2)n1)=C\c1ccccc1. The summed E-state index contributed by atoms with van der Waals surface area (Å²) in [5.41, 5.74) is 5.52. The van der Waals surface area contributed by atoms with Gasteiger partial charge in [-0.3, -0.25) is 10.1 Å². The Morgan fingerprint density at radius 1 is 1.06 bits per heavy atom. The van der Waals surface area contributed by atoms with E-state index in [0.29, 0.717) is 43.9 Å². The van der Waals surface area contributed by atoms with Gasteiger partial charge in [0.1, 0.15) is 0 Å². The van der Waals surface area contributed by atoms with E-state index in [4.69, 9.17) is 4.74 Å². The maximum absolute atomic E-state index is 10.9. The van der Waals surface area contributed by atoms with E-state index < -0.39 is 4.92 Å². The van der Waals surface area contributed by atoms with Crippen molar-refractivity contribution in [2.75, 3.05) is 41.9 Å². The summed E-state index contributed by atoms with van der Waals surface area (Å²) in [7, 11) is 0. The van der Waals surface area contributed by atoms with Gasteiger partial charge in [-0.2, -0.15) is 20.1 Å². The summed E-state index contributed by atoms with van der Waals surface area (Å²) in [5, 5.41) is 18.2. The molecule has 0 saturated carbocycles. The van der Waals surface area contributed by atoms with Crippen molar-refractivity contribution in [1.29, 1.82) is 0 Å². The molecule has 0 aliphatic carbocycles. The Balaban J connectivity index is 1.53. The highest BCUT2D eigenvalue weighted by molar-refractivity contribution is 5.85. The predicted octanol–water partition coefficient (Wildman–Crippen LogP) is 3.86. The number of nitro groups is 1. The molecule has 11 heteroatoms. The summed E-state index contributed by atoms with van der Waals surface area (Å²) >= 11 is 0. The van der Waals surface area contributed by atoms with Gasteiger partial charge < -0.3 is 15.0 Å². The molecular weight excluding hydrogens is 436 g/mol. The van der Waals surface area contributed by atoms with E-state index in [1.165, 1.54) is 12.1 Å². The van der Waals surface area contributed by atoms with E-state index in [1.54, 1.807) is 18.3 Å². The van der Waals surface area contributed by atoms with Crippen molar-refractivity contribution >= 4 is 41.5 Å². The van der Waals surface area contributed by atoms with Crippen molar-refractivity contribution in [2.45, 2.75) is 6.92 Å². The van der Waals surface area contributed by atoms with E-state index in [0.717, 1.165) is 11.1 Å². The van der Waals surface area contributed by atoms with Gasteiger partial charge in [0.05, 0.1) is 24.4 Å². The molecule has 34 heavy (non-hydrogen) atoms. The van der Waals surface area contributed by atoms with Crippen LogP contribution >= 0.6 is 0 Å². The molecule has 2 aromatic carbocycles. The van der Waals surface area contributed by atoms with E-state index >= 15 is 0 Å². The van der Waals surface area contributed by atoms with Gasteiger partial charge in [0.15, 0.2) is 0 Å². The van der Waals surface area contributed by atoms with E-state index in [1.807, 2.05) is 48.2 Å². The highest BCUT2D eigenvalue weighted by atomic mass is 16.6. The number of rotatable bonds is 8. The van der Waals surface area contributed by atoms with Crippen LogP contribution in [0.3, 0.4) is 0 Å². The first-order valence-electron chi connectivity index (χ1n) is 10.7. The fraction of sp³-hybridized carbons (Fsp3) is 0.217. The first-order chi connectivity index (χ1) is 16.6. The molecule has 11 nitrogen and oxygen atoms in total. The minimum Gasteiger partial charge on any atom is -0.378 e. The summed E-state index contributed by atoms with van der Waals surface area (Å²) < 4.78 is 5.42. The molecule has 0 bridgehead atoms. The molecule has 1 aliphatic rings. The summed E-state index contributed by atoms with van der Waals surface area (Å²) in [4.78, 5) is 25.8. The zero-order chi connectivity index (χ0) is 23.8. The molecule has 3 aromatic rings. The number of hydrogen-bond donors (Lipinski definition) is 2. The number of hydrogen-bond acceptors (Lipinski definition) is 10. The number of morpholine rings is 1. The Labute approximate surface area is 196 Å². The Hall–Kier alpha value is -4.38. The van der Waals surface area contributed by atoms with Crippen LogP contribution in [0.5, 0.6) is 0 Å². The average Bonchev–Trinajstić information content (AvgIpc) is 2.85. The number of nitro benzene ring substituents is 1. The lowest BCUT2D eigenvalue weighted by atomic mass is 10.1. The van der Waals surface area contributed by atoms with Crippen LogP contribution in [-0.2, 0) is 4.74 Å². The second-order valence-corrected chi connectivity index (χ2v) is 7.48. The Morgan fingerprint density at radius 2 is 1.76 bits per heavy atom. The number of nitrogens with zero attached hydrogens (tertiary/aromatic N) is 6. The fourth-order valence-corrected chi connectivity index (χ4v) is 3.21. The fourth-order valence-electron chi connectivity index (χ4n) is 3.21. The van der Waals surface area contributed by atoms with Crippen molar-refractivity contribution in [3.8, 4) is 0 Å². The zero-order valence-corrected chi connectivity index (χ0v) is 18.6. The molecule has 0 atom stereocenters. The monoisotopic (exact) mass is 460 g/mol. The molecule has 1 aromatic heterocycles. The van der Waals surface area contributed by atoms with Crippen molar-refractivity contribution in [3.05, 3.63) is 75.8 Å². The maximum atomic E-state index is 10.9. The van der Waals surface area contributed by atoms with Crippen LogP contribution in [0.1, 0.15) is 12.5 Å². The second kappa shape index (κ2) is 11.0. The van der Waals surface area contributed by atoms with Gasteiger partial charge in [-0.25, -0.2) is 5.43 Å². The molecule has 4 rings (SSSR count). The summed E-state index contributed by atoms with van der Waals surface area (Å²) in [6.45, 7) is 4.43. The number of ether oxygens (including phenoxy) is 1. The highest BCUT2D eigenvalue weighted by Crippen LogP contribution is 2.21. The van der Waals surface area contributed by atoms with Crippen molar-refractivity contribution in [2.24, 2.45) is 5.10 Å². The Kier molecular flexibility index (Phi) is 7.35. The third-order valence-corrected chi connectivity index (χ3v) is 4.88. The van der Waals surface area contributed by atoms with E-state index in [2.05, 4.69) is 30.8 Å². The predicted molar refractivity (Wildman–Crippen MR) is 131 cm³/mol. The molecule has 0 amide bonds. The minimum absolute atomic E-state index is 0.00539. The molecule has 174 valence electrons. The minimum atomic E-state index is -0.447. The topological polar surface area (TPSA) is 131 Å². The quantitative estimate of drug-likeness (QED) is 0.292. The van der Waals surface area contributed by atoms with Crippen LogP contribution in [0, 0.1) is 10.1 Å². The number of non-ortho nitro benzene ring substituents is 1. The molecule has 2 N–H and O–H groups in total. The van der Waals surface area contributed by atoms with E-state index in [9.17, 15) is 10.1 Å². The standard InChI is InChI=1S/C23H24N8O3/c1-17(15-18-5-3-2-4-6-18)16-24-29-22-26-21(25-19-7-9-20(10-8-19)31(32)33)27-23(28-22)30-11-13-34-14-12-30/h2-10,15-16H,11-14H2,1H3,(H2,25,26,27,28,29)/b17-15+,24-16+. The van der Waals surface area contributed by atoms with Crippen LogP contribution in [0.4, 0.5) is 29.2 Å². The lowest BCUT2D eigenvalue weighted by Gasteiger charge is -2.27. The molecule has 1 saturated heterocycles. The van der Waals surface area contributed by atoms with Gasteiger partial charge in [-0.05, 0) is 30.2 Å². The largest absolute Gasteiger partial charge is 0.378 e. The number of hydrazone groups is 1. The zero-order valence-electron chi connectivity index (χ0n) is 18.6. The Morgan fingerprint density at radius 3 is 2.47 bits per heavy atom. The molecule has 2 heterocycles. The van der Waals surface area contributed by atoms with Crippen molar-refractivity contribution in [3.63, 3.8) is 0 Å². The average molecular weight is 460 g/mol. The van der Waals surface area contributed by atoms with E-state index in [-0.39, 0.29) is 11.6 Å². The maximum Gasteiger partial charge on any atom is 0.269 e. The second-order valence-electron chi connectivity index (χ2n) is 7.48. The lowest BCUT2D eigenvalue weighted by molar-refractivity contribution is -0.384. The molecule has 1 fully saturated rings. The highest BCUT2D eigenvalue weighted by Gasteiger charge is 2.17. The molecule has 0 unspecified atom stereocenters. The Bertz CT molecular complexity index is 1180. The first-order valence-corrected chi connectivity index (χ1v) is 10.7. The number of allylic oxidation sites excluding steroid dienone is 1. The molecule has 0 spiro atoms.